The van der Waals surface area contributed by atoms with Crippen molar-refractivity contribution >= 4 is 63.8 Å². The molecule has 0 bridgehead atoms. The summed E-state index contributed by atoms with van der Waals surface area (Å²) in [6.45, 7) is 0.207. The minimum absolute atomic E-state index is 0.114. The number of benzene rings is 3. The van der Waals surface area contributed by atoms with Gasteiger partial charge >= 0.3 is 5.97 Å². The van der Waals surface area contributed by atoms with E-state index in [9.17, 15) is 14.7 Å². The summed E-state index contributed by atoms with van der Waals surface area (Å²) in [6, 6.07) is 16.9. The number of hydrogen-bond donors (Lipinski definition) is 1. The van der Waals surface area contributed by atoms with Crippen molar-refractivity contribution in [3.05, 3.63) is 92.3 Å². The first kappa shape index (κ1) is 25.6. The maximum Gasteiger partial charge on any atom is 0.335 e. The van der Waals surface area contributed by atoms with Gasteiger partial charge in [0.05, 0.1) is 28.3 Å². The number of thioether (sulfide) groups is 1. The molecule has 1 saturated heterocycles. The number of amides is 1. The van der Waals surface area contributed by atoms with Crippen LogP contribution in [-0.4, -0.2) is 41.2 Å². The Labute approximate surface area is 221 Å². The summed E-state index contributed by atoms with van der Waals surface area (Å²) in [5.41, 5.74) is 1.99. The number of amidine groups is 1. The predicted molar refractivity (Wildman–Crippen MR) is 143 cm³/mol. The monoisotopic (exact) mass is 542 g/mol. The van der Waals surface area contributed by atoms with Gasteiger partial charge < -0.3 is 14.6 Å². The SMILES string of the molecule is COc1cc(C=C2SC(=Nc3cccc(C(=O)O)c3)N(C)C2=O)cc(Cl)c1OCc1ccccc1Cl. The highest BCUT2D eigenvalue weighted by molar-refractivity contribution is 8.18. The molecule has 3 aromatic carbocycles. The first-order valence-electron chi connectivity index (χ1n) is 10.6. The molecular formula is C26H20Cl2N2O5S. The van der Waals surface area contributed by atoms with E-state index >= 15 is 0 Å². The Morgan fingerprint density at radius 1 is 1.11 bits per heavy atom. The molecule has 0 spiro atoms. The Bertz CT molecular complexity index is 1410. The van der Waals surface area contributed by atoms with Crippen LogP contribution in [-0.2, 0) is 11.4 Å². The molecule has 1 N–H and O–H groups in total. The minimum atomic E-state index is -1.05. The molecule has 0 atom stereocenters. The third-order valence-corrected chi connectivity index (χ3v) is 6.91. The summed E-state index contributed by atoms with van der Waals surface area (Å²) in [7, 11) is 3.11. The molecule has 7 nitrogen and oxygen atoms in total. The van der Waals surface area contributed by atoms with Crippen molar-refractivity contribution in [3.63, 3.8) is 0 Å². The highest BCUT2D eigenvalue weighted by Gasteiger charge is 2.30. The molecule has 1 aliphatic heterocycles. The van der Waals surface area contributed by atoms with Crippen LogP contribution in [0.15, 0.2) is 70.6 Å². The zero-order valence-electron chi connectivity index (χ0n) is 19.2. The molecule has 184 valence electrons. The van der Waals surface area contributed by atoms with Crippen LogP contribution in [0, 0.1) is 0 Å². The van der Waals surface area contributed by atoms with E-state index in [2.05, 4.69) is 4.99 Å². The van der Waals surface area contributed by atoms with Gasteiger partial charge in [-0.25, -0.2) is 9.79 Å². The Kier molecular flexibility index (Phi) is 7.88. The molecule has 10 heteroatoms. The van der Waals surface area contributed by atoms with Crippen LogP contribution in [0.2, 0.25) is 10.0 Å². The molecular weight excluding hydrogens is 523 g/mol. The first-order valence-corrected chi connectivity index (χ1v) is 12.2. The topological polar surface area (TPSA) is 88.4 Å². The number of nitrogens with zero attached hydrogens (tertiary/aromatic N) is 2. The van der Waals surface area contributed by atoms with E-state index in [0.29, 0.717) is 42.9 Å². The summed E-state index contributed by atoms with van der Waals surface area (Å²) < 4.78 is 11.4. The van der Waals surface area contributed by atoms with E-state index in [1.165, 1.54) is 35.9 Å². The number of halogens is 2. The van der Waals surface area contributed by atoms with Gasteiger partial charge in [-0.15, -0.1) is 0 Å². The van der Waals surface area contributed by atoms with Gasteiger partial charge in [-0.05, 0) is 59.8 Å². The second kappa shape index (κ2) is 11.1. The lowest BCUT2D eigenvalue weighted by Crippen LogP contribution is -2.23. The molecule has 0 saturated carbocycles. The van der Waals surface area contributed by atoms with Crippen molar-refractivity contribution in [2.24, 2.45) is 4.99 Å². The van der Waals surface area contributed by atoms with Crippen LogP contribution in [0.5, 0.6) is 11.5 Å². The number of carboxylic acid groups (broad SMARTS) is 1. The number of carbonyl (C=O) groups is 2. The number of likely N-dealkylation sites (N-methyl/N-ethyl adjacent to an activating group) is 1. The summed E-state index contributed by atoms with van der Waals surface area (Å²) in [6.07, 6.45) is 1.69. The quantitative estimate of drug-likeness (QED) is 0.342. The van der Waals surface area contributed by atoms with Crippen LogP contribution in [0.3, 0.4) is 0 Å². The van der Waals surface area contributed by atoms with Gasteiger partial charge in [0.15, 0.2) is 16.7 Å². The van der Waals surface area contributed by atoms with Crippen LogP contribution in [0.25, 0.3) is 6.08 Å². The summed E-state index contributed by atoms with van der Waals surface area (Å²) in [5, 5.41) is 10.5. The maximum absolute atomic E-state index is 12.8. The summed E-state index contributed by atoms with van der Waals surface area (Å²) >= 11 is 13.9. The van der Waals surface area contributed by atoms with Crippen molar-refractivity contribution in [1.29, 1.82) is 0 Å². The molecule has 4 rings (SSSR count). The first-order chi connectivity index (χ1) is 17.3. The molecule has 3 aromatic rings. The van der Waals surface area contributed by atoms with Gasteiger partial charge in [0, 0.05) is 17.6 Å². The largest absolute Gasteiger partial charge is 0.493 e. The summed E-state index contributed by atoms with van der Waals surface area (Å²) in [4.78, 5) is 30.4. The average molecular weight is 543 g/mol. The third-order valence-electron chi connectivity index (χ3n) is 5.20. The highest BCUT2D eigenvalue weighted by Crippen LogP contribution is 2.39. The third kappa shape index (κ3) is 5.67. The Morgan fingerprint density at radius 3 is 2.61 bits per heavy atom. The van der Waals surface area contributed by atoms with E-state index in [4.69, 9.17) is 32.7 Å². The number of aromatic carboxylic acids is 1. The second-order valence-corrected chi connectivity index (χ2v) is 9.46. The molecule has 0 radical (unpaired) electrons. The van der Waals surface area contributed by atoms with E-state index in [1.54, 1.807) is 43.5 Å². The number of ether oxygens (including phenoxy) is 2. The van der Waals surface area contributed by atoms with Crippen molar-refractivity contribution < 1.29 is 24.2 Å². The van der Waals surface area contributed by atoms with Gasteiger partial charge in [-0.1, -0.05) is 47.5 Å². The molecule has 0 aromatic heterocycles. The number of methoxy groups -OCH3 is 1. The predicted octanol–water partition coefficient (Wildman–Crippen LogP) is 6.51. The van der Waals surface area contributed by atoms with Crippen molar-refractivity contribution in [1.82, 2.24) is 4.90 Å². The molecule has 1 amide bonds. The lowest BCUT2D eigenvalue weighted by molar-refractivity contribution is -0.121. The van der Waals surface area contributed by atoms with Crippen LogP contribution in [0.4, 0.5) is 5.69 Å². The number of aliphatic imine (C=N–C) groups is 1. The highest BCUT2D eigenvalue weighted by atomic mass is 35.5. The van der Waals surface area contributed by atoms with E-state index < -0.39 is 5.97 Å². The fourth-order valence-corrected chi connectivity index (χ4v) is 4.80. The van der Waals surface area contributed by atoms with Crippen molar-refractivity contribution in [3.8, 4) is 11.5 Å². The van der Waals surface area contributed by atoms with Crippen LogP contribution in [0.1, 0.15) is 21.5 Å². The molecule has 0 unspecified atom stereocenters. The second-order valence-electron chi connectivity index (χ2n) is 7.64. The smallest absolute Gasteiger partial charge is 0.335 e. The average Bonchev–Trinajstić information content (AvgIpc) is 3.11. The number of carbonyl (C=O) groups excluding carboxylic acids is 1. The van der Waals surface area contributed by atoms with Gasteiger partial charge in [0.1, 0.15) is 6.61 Å². The molecule has 0 aliphatic carbocycles. The van der Waals surface area contributed by atoms with Crippen molar-refractivity contribution in [2.45, 2.75) is 6.61 Å². The fraction of sp³-hybridized carbons (Fsp3) is 0.115. The zero-order chi connectivity index (χ0) is 25.8. The van der Waals surface area contributed by atoms with Gasteiger partial charge in [0.2, 0.25) is 0 Å². The lowest BCUT2D eigenvalue weighted by Gasteiger charge is -2.14. The molecule has 1 aliphatic rings. The van der Waals surface area contributed by atoms with Crippen LogP contribution >= 0.6 is 35.0 Å². The normalized spacial score (nSPS) is 15.6. The maximum atomic E-state index is 12.8. The number of rotatable bonds is 7. The van der Waals surface area contributed by atoms with E-state index in [-0.39, 0.29) is 18.1 Å². The summed E-state index contributed by atoms with van der Waals surface area (Å²) in [5.74, 6) is -0.526. The fourth-order valence-electron chi connectivity index (χ4n) is 3.35. The van der Waals surface area contributed by atoms with Crippen LogP contribution < -0.4 is 9.47 Å². The zero-order valence-corrected chi connectivity index (χ0v) is 21.5. The number of hydrogen-bond acceptors (Lipinski definition) is 6. The van der Waals surface area contributed by atoms with Gasteiger partial charge in [0.25, 0.3) is 5.91 Å². The Hall–Kier alpha value is -3.46. The van der Waals surface area contributed by atoms with E-state index in [1.807, 2.05) is 18.2 Å². The molecule has 1 fully saturated rings. The molecule has 36 heavy (non-hydrogen) atoms. The Balaban J connectivity index is 1.58. The standard InChI is InChI=1S/C26H20Cl2N2O5S/c1-30-24(31)22(36-26(30)29-18-8-5-7-16(13-18)25(32)33)12-15-10-20(28)23(21(11-15)34-2)35-14-17-6-3-4-9-19(17)27/h3-13H,14H2,1-2H3,(H,32,33). The van der Waals surface area contributed by atoms with Gasteiger partial charge in [-0.3, -0.25) is 9.69 Å². The van der Waals surface area contributed by atoms with Gasteiger partial charge in [-0.2, -0.15) is 0 Å². The van der Waals surface area contributed by atoms with Crippen molar-refractivity contribution in [2.75, 3.05) is 14.2 Å². The Morgan fingerprint density at radius 2 is 1.89 bits per heavy atom. The lowest BCUT2D eigenvalue weighted by atomic mass is 10.1. The van der Waals surface area contributed by atoms with E-state index in [0.717, 1.165) is 5.56 Å². The number of carboxylic acids is 1. The molecule has 1 heterocycles. The minimum Gasteiger partial charge on any atom is -0.493 e.